The number of nitrogens with two attached hydrogens (primary N) is 1. The predicted molar refractivity (Wildman–Crippen MR) is 126 cm³/mol. The van der Waals surface area contributed by atoms with Gasteiger partial charge in [0.15, 0.2) is 17.2 Å². The Labute approximate surface area is 201 Å². The highest BCUT2D eigenvalue weighted by atomic mass is 19.1. The lowest BCUT2D eigenvalue weighted by atomic mass is 10.1. The molecule has 1 atom stereocenters. The number of piperazine rings is 1. The zero-order chi connectivity index (χ0) is 25.1. The van der Waals surface area contributed by atoms with Gasteiger partial charge in [-0.1, -0.05) is 18.2 Å². The van der Waals surface area contributed by atoms with Gasteiger partial charge in [0.1, 0.15) is 23.5 Å². The second kappa shape index (κ2) is 10.5. The molecule has 1 aliphatic rings. The second-order valence-electron chi connectivity index (χ2n) is 8.63. The van der Waals surface area contributed by atoms with Gasteiger partial charge < -0.3 is 14.9 Å². The average molecular weight is 488 g/mol. The number of benzene rings is 2. The normalized spacial score (nSPS) is 16.5. The van der Waals surface area contributed by atoms with Crippen molar-refractivity contribution in [2.75, 3.05) is 32.7 Å². The van der Waals surface area contributed by atoms with Crippen LogP contribution in [-0.4, -0.2) is 48.4 Å². The Balaban J connectivity index is 1.42. The van der Waals surface area contributed by atoms with Crippen LogP contribution in [0.2, 0.25) is 0 Å². The molecular weight excluding hydrogens is 459 g/mol. The molecule has 35 heavy (non-hydrogen) atoms. The molecule has 0 saturated carbocycles. The number of hydrogen-bond acceptors (Lipinski definition) is 5. The maximum absolute atomic E-state index is 14.2. The van der Waals surface area contributed by atoms with Crippen LogP contribution < -0.4 is 5.73 Å². The molecule has 1 fully saturated rings. The molecule has 6 nitrogen and oxygen atoms in total. The average Bonchev–Trinajstić information content (AvgIpc) is 3.21. The Morgan fingerprint density at radius 3 is 2.46 bits per heavy atom. The van der Waals surface area contributed by atoms with E-state index in [0.717, 1.165) is 32.2 Å². The number of ether oxygens (including phenoxy) is 1. The lowest BCUT2D eigenvalue weighted by Gasteiger charge is -2.35. The summed E-state index contributed by atoms with van der Waals surface area (Å²) in [6.07, 6.45) is 1.07. The van der Waals surface area contributed by atoms with Gasteiger partial charge in [-0.3, -0.25) is 14.6 Å². The van der Waals surface area contributed by atoms with E-state index < -0.39 is 23.6 Å². The first-order valence-corrected chi connectivity index (χ1v) is 11.5. The summed E-state index contributed by atoms with van der Waals surface area (Å²) < 4.78 is 53.5. The minimum absolute atomic E-state index is 0.112. The molecule has 2 N–H and O–H groups in total. The van der Waals surface area contributed by atoms with Crippen molar-refractivity contribution in [3.05, 3.63) is 82.6 Å². The fourth-order valence-corrected chi connectivity index (χ4v) is 4.41. The summed E-state index contributed by atoms with van der Waals surface area (Å²) in [5.74, 6) is -2.41. The van der Waals surface area contributed by atoms with E-state index >= 15 is 0 Å². The minimum atomic E-state index is -0.916. The number of hydrogen-bond donors (Lipinski definition) is 1. The van der Waals surface area contributed by atoms with Crippen LogP contribution in [0.5, 0.6) is 0 Å². The monoisotopic (exact) mass is 487 g/mol. The number of halogens is 3. The molecule has 1 aliphatic heterocycles. The van der Waals surface area contributed by atoms with Crippen molar-refractivity contribution in [3.8, 4) is 0 Å². The van der Waals surface area contributed by atoms with E-state index in [0.29, 0.717) is 30.5 Å². The van der Waals surface area contributed by atoms with E-state index in [9.17, 15) is 18.0 Å². The molecule has 0 spiro atoms. The fraction of sp³-hybridized carbons (Fsp3) is 0.346. The first-order chi connectivity index (χ1) is 16.8. The topological polar surface area (TPSA) is 71.9 Å². The second-order valence-corrected chi connectivity index (χ2v) is 8.63. The maximum atomic E-state index is 14.2. The van der Waals surface area contributed by atoms with Crippen molar-refractivity contribution in [3.63, 3.8) is 0 Å². The number of rotatable bonds is 8. The van der Waals surface area contributed by atoms with Gasteiger partial charge in [0.2, 0.25) is 0 Å². The Morgan fingerprint density at radius 1 is 1.11 bits per heavy atom. The smallest absolute Gasteiger partial charge is 0.284 e. The number of furan rings is 1. The summed E-state index contributed by atoms with van der Waals surface area (Å²) in [6, 6.07) is 8.58. The zero-order valence-electron chi connectivity index (χ0n) is 19.7. The van der Waals surface area contributed by atoms with E-state index in [1.165, 1.54) is 6.07 Å². The van der Waals surface area contributed by atoms with Crippen LogP contribution in [-0.2, 0) is 11.3 Å². The molecule has 4 rings (SSSR count). The van der Waals surface area contributed by atoms with E-state index in [4.69, 9.17) is 14.9 Å². The van der Waals surface area contributed by atoms with Gasteiger partial charge in [-0.25, -0.2) is 13.2 Å². The zero-order valence-corrected chi connectivity index (χ0v) is 19.7. The van der Waals surface area contributed by atoms with Crippen LogP contribution in [0.15, 0.2) is 52.7 Å². The third-order valence-corrected chi connectivity index (χ3v) is 6.22. The Morgan fingerprint density at radius 2 is 1.80 bits per heavy atom. The number of carbonyl (C=O) groups is 1. The largest absolute Gasteiger partial charge is 0.489 e. The SMILES string of the molecule is C/C=C(/CN1CCN(Cc2ccccc2F)CC1)OC(C)c1c(C(N)=O)oc2c(F)cc(F)cc12. The van der Waals surface area contributed by atoms with E-state index in [-0.39, 0.29) is 28.1 Å². The fourth-order valence-electron chi connectivity index (χ4n) is 4.41. The molecule has 9 heteroatoms. The van der Waals surface area contributed by atoms with Crippen molar-refractivity contribution < 1.29 is 27.1 Å². The number of carbonyl (C=O) groups excluding carboxylic acids is 1. The van der Waals surface area contributed by atoms with Crippen LogP contribution in [0.4, 0.5) is 13.2 Å². The van der Waals surface area contributed by atoms with Crippen LogP contribution >= 0.6 is 0 Å². The quantitative estimate of drug-likeness (QED) is 0.465. The van der Waals surface area contributed by atoms with Gasteiger partial charge in [-0.15, -0.1) is 0 Å². The molecule has 0 aliphatic carbocycles. The van der Waals surface area contributed by atoms with Gasteiger partial charge in [0.25, 0.3) is 5.91 Å². The summed E-state index contributed by atoms with van der Waals surface area (Å²) >= 11 is 0. The molecule has 186 valence electrons. The van der Waals surface area contributed by atoms with Crippen LogP contribution in [0.1, 0.15) is 41.6 Å². The number of allylic oxidation sites excluding steroid dienone is 1. The number of amides is 1. The lowest BCUT2D eigenvalue weighted by Crippen LogP contribution is -2.46. The molecule has 0 radical (unpaired) electrons. The molecule has 1 aromatic heterocycles. The first-order valence-electron chi connectivity index (χ1n) is 11.5. The highest BCUT2D eigenvalue weighted by Crippen LogP contribution is 2.35. The third kappa shape index (κ3) is 5.52. The third-order valence-electron chi connectivity index (χ3n) is 6.22. The minimum Gasteiger partial charge on any atom is -0.489 e. The summed E-state index contributed by atoms with van der Waals surface area (Å²) in [4.78, 5) is 16.4. The molecule has 1 saturated heterocycles. The highest BCUT2D eigenvalue weighted by Gasteiger charge is 2.28. The standard InChI is InChI=1S/C26H28F3N3O3/c1-3-19(15-32-10-8-31(9-11-32)14-17-6-4-5-7-21(17)28)34-16(2)23-20-12-18(27)13-22(29)24(20)35-25(23)26(30)33/h3-7,12-13,16H,8-11,14-15H2,1-2H3,(H2,30,33)/b19-3-. The summed E-state index contributed by atoms with van der Waals surface area (Å²) in [7, 11) is 0. The number of primary amides is 1. The van der Waals surface area contributed by atoms with Crippen molar-refractivity contribution in [1.29, 1.82) is 0 Å². The Hall–Kier alpha value is -3.30. The van der Waals surface area contributed by atoms with Crippen LogP contribution in [0.25, 0.3) is 11.0 Å². The van der Waals surface area contributed by atoms with E-state index in [2.05, 4.69) is 9.80 Å². The van der Waals surface area contributed by atoms with Gasteiger partial charge >= 0.3 is 0 Å². The first kappa shape index (κ1) is 24.8. The number of nitrogens with zero attached hydrogens (tertiary/aromatic N) is 2. The Kier molecular flexibility index (Phi) is 7.47. The lowest BCUT2D eigenvalue weighted by molar-refractivity contribution is 0.0816. The molecule has 2 aromatic carbocycles. The van der Waals surface area contributed by atoms with Gasteiger partial charge in [0, 0.05) is 49.7 Å². The molecule has 0 bridgehead atoms. The van der Waals surface area contributed by atoms with Gasteiger partial charge in [0.05, 0.1) is 12.1 Å². The predicted octanol–water partition coefficient (Wildman–Crippen LogP) is 4.75. The molecule has 1 amide bonds. The summed E-state index contributed by atoms with van der Waals surface area (Å²) in [5, 5.41) is 0.112. The van der Waals surface area contributed by atoms with Crippen LogP contribution in [0, 0.1) is 17.5 Å². The van der Waals surface area contributed by atoms with Crippen molar-refractivity contribution in [1.82, 2.24) is 9.80 Å². The van der Waals surface area contributed by atoms with Crippen LogP contribution in [0.3, 0.4) is 0 Å². The van der Waals surface area contributed by atoms with E-state index in [1.807, 2.05) is 19.1 Å². The number of fused-ring (bicyclic) bond motifs is 1. The highest BCUT2D eigenvalue weighted by molar-refractivity contribution is 5.98. The molecule has 3 aromatic rings. The molecule has 2 heterocycles. The Bertz CT molecular complexity index is 1250. The summed E-state index contributed by atoms with van der Waals surface area (Å²) in [5.41, 5.74) is 6.09. The summed E-state index contributed by atoms with van der Waals surface area (Å²) in [6.45, 7) is 7.66. The maximum Gasteiger partial charge on any atom is 0.284 e. The molecule has 1 unspecified atom stereocenters. The van der Waals surface area contributed by atoms with E-state index in [1.54, 1.807) is 19.1 Å². The van der Waals surface area contributed by atoms with Gasteiger partial charge in [-0.05, 0) is 32.1 Å². The van der Waals surface area contributed by atoms with Crippen molar-refractivity contribution in [2.24, 2.45) is 5.73 Å². The molecular formula is C26H28F3N3O3. The van der Waals surface area contributed by atoms with Crippen molar-refractivity contribution >= 4 is 16.9 Å². The van der Waals surface area contributed by atoms with Crippen molar-refractivity contribution in [2.45, 2.75) is 26.5 Å². The van der Waals surface area contributed by atoms with Gasteiger partial charge in [-0.2, -0.15) is 0 Å².